The lowest BCUT2D eigenvalue weighted by atomic mass is 10.3. The Morgan fingerprint density at radius 2 is 1.43 bits per heavy atom. The highest BCUT2D eigenvalue weighted by atomic mass is 32.2. The van der Waals surface area contributed by atoms with Gasteiger partial charge in [0, 0.05) is 6.26 Å². The molecule has 0 saturated heterocycles. The number of amides is 1. The van der Waals surface area contributed by atoms with Crippen molar-refractivity contribution in [1.82, 2.24) is 5.06 Å². The second-order valence-corrected chi connectivity index (χ2v) is 9.97. The van der Waals surface area contributed by atoms with E-state index in [1.165, 1.54) is 48.5 Å². The first-order valence-electron chi connectivity index (χ1n) is 7.91. The van der Waals surface area contributed by atoms with Crippen LogP contribution in [0.5, 0.6) is 11.5 Å². The number of carbonyl (C=O) groups is 1. The zero-order valence-corrected chi connectivity index (χ0v) is 16.4. The summed E-state index contributed by atoms with van der Waals surface area (Å²) in [5, 5.41) is 18.5. The van der Waals surface area contributed by atoms with Crippen molar-refractivity contribution in [3.8, 4) is 11.5 Å². The van der Waals surface area contributed by atoms with Gasteiger partial charge in [0.2, 0.25) is 6.41 Å². The molecule has 0 spiro atoms. The number of aliphatic hydroxyl groups is 1. The average Bonchev–Trinajstić information content (AvgIpc) is 2.65. The Morgan fingerprint density at radius 1 is 0.964 bits per heavy atom. The molecule has 2 aromatic carbocycles. The van der Waals surface area contributed by atoms with Gasteiger partial charge in [-0.2, -0.15) is 0 Å². The molecule has 0 heterocycles. The van der Waals surface area contributed by atoms with Crippen LogP contribution in [0.3, 0.4) is 0 Å². The first kappa shape index (κ1) is 21.8. The number of hydrogen-bond acceptors (Lipinski definition) is 8. The first-order valence-corrected chi connectivity index (χ1v) is 11.5. The number of benzene rings is 2. The predicted molar refractivity (Wildman–Crippen MR) is 98.7 cm³/mol. The molecule has 1 amide bonds. The van der Waals surface area contributed by atoms with Gasteiger partial charge in [0.25, 0.3) is 0 Å². The molecule has 2 rings (SSSR count). The van der Waals surface area contributed by atoms with Gasteiger partial charge in [-0.15, -0.1) is 0 Å². The third-order valence-electron chi connectivity index (χ3n) is 3.78. The highest BCUT2D eigenvalue weighted by molar-refractivity contribution is 7.91. The minimum atomic E-state index is -3.88. The van der Waals surface area contributed by atoms with E-state index in [2.05, 4.69) is 0 Å². The predicted octanol–water partition coefficient (Wildman–Crippen LogP) is 0.865. The van der Waals surface area contributed by atoms with Crippen molar-refractivity contribution in [2.45, 2.75) is 15.8 Å². The highest BCUT2D eigenvalue weighted by Gasteiger charge is 2.24. The van der Waals surface area contributed by atoms with Gasteiger partial charge in [0.05, 0.1) is 28.2 Å². The van der Waals surface area contributed by atoms with Crippen LogP contribution in [0.4, 0.5) is 0 Å². The lowest BCUT2D eigenvalue weighted by Crippen LogP contribution is -2.39. The fourth-order valence-electron chi connectivity index (χ4n) is 2.25. The molecular formula is C17H19NO8S2. The molecule has 0 aliphatic heterocycles. The number of carbonyl (C=O) groups excluding carboxylic acids is 1. The lowest BCUT2D eigenvalue weighted by molar-refractivity contribution is -0.161. The fraction of sp³-hybridized carbons (Fsp3) is 0.235. The molecule has 1 unspecified atom stereocenters. The number of hydroxylamine groups is 2. The molecule has 0 saturated carbocycles. The maximum Gasteiger partial charge on any atom is 0.233 e. The van der Waals surface area contributed by atoms with Gasteiger partial charge in [-0.1, -0.05) is 0 Å². The average molecular weight is 429 g/mol. The summed E-state index contributed by atoms with van der Waals surface area (Å²) in [7, 11) is -7.20. The van der Waals surface area contributed by atoms with E-state index in [0.29, 0.717) is 11.5 Å². The van der Waals surface area contributed by atoms with E-state index in [1.54, 1.807) is 0 Å². The van der Waals surface area contributed by atoms with Gasteiger partial charge in [-0.05, 0) is 48.5 Å². The smallest absolute Gasteiger partial charge is 0.233 e. The van der Waals surface area contributed by atoms with Crippen molar-refractivity contribution >= 4 is 26.1 Å². The molecule has 2 aromatic rings. The summed E-state index contributed by atoms with van der Waals surface area (Å²) in [5.41, 5.74) is 0. The Morgan fingerprint density at radius 3 is 1.82 bits per heavy atom. The van der Waals surface area contributed by atoms with Crippen LogP contribution in [-0.2, 0) is 24.5 Å². The van der Waals surface area contributed by atoms with Crippen LogP contribution in [0.15, 0.2) is 58.3 Å². The van der Waals surface area contributed by atoms with Crippen molar-refractivity contribution in [3.63, 3.8) is 0 Å². The molecule has 0 fully saturated rings. The van der Waals surface area contributed by atoms with Crippen molar-refractivity contribution in [2.75, 3.05) is 18.6 Å². The van der Waals surface area contributed by atoms with E-state index in [4.69, 9.17) is 9.84 Å². The van der Waals surface area contributed by atoms with E-state index in [9.17, 15) is 26.8 Å². The van der Waals surface area contributed by atoms with Crippen molar-refractivity contribution < 1.29 is 36.7 Å². The van der Waals surface area contributed by atoms with Crippen LogP contribution in [0.25, 0.3) is 0 Å². The Hall–Kier alpha value is -2.47. The van der Waals surface area contributed by atoms with Crippen LogP contribution in [0.1, 0.15) is 0 Å². The van der Waals surface area contributed by atoms with Crippen LogP contribution in [-0.4, -0.2) is 63.3 Å². The number of ether oxygens (including phenoxy) is 1. The molecule has 2 N–H and O–H groups in total. The summed E-state index contributed by atoms with van der Waals surface area (Å²) < 4.78 is 53.2. The lowest BCUT2D eigenvalue weighted by Gasteiger charge is -2.20. The quantitative estimate of drug-likeness (QED) is 0.340. The minimum Gasteiger partial charge on any atom is -0.457 e. The molecule has 9 nitrogen and oxygen atoms in total. The Labute approximate surface area is 162 Å². The molecule has 0 bridgehead atoms. The van der Waals surface area contributed by atoms with Crippen LogP contribution in [0.2, 0.25) is 0 Å². The van der Waals surface area contributed by atoms with E-state index in [-0.39, 0.29) is 21.3 Å². The third kappa shape index (κ3) is 5.52. The van der Waals surface area contributed by atoms with Gasteiger partial charge in [0.15, 0.2) is 19.7 Å². The zero-order valence-electron chi connectivity index (χ0n) is 14.8. The largest absolute Gasteiger partial charge is 0.457 e. The summed E-state index contributed by atoms with van der Waals surface area (Å²) in [6.07, 6.45) is 1.11. The SMILES string of the molecule is CS(=O)(=O)c1ccc(Oc2ccc(S(=O)(=O)CC(CO)N(O)C=O)cc2)cc1. The highest BCUT2D eigenvalue weighted by Crippen LogP contribution is 2.25. The number of nitrogens with zero attached hydrogens (tertiary/aromatic N) is 1. The van der Waals surface area contributed by atoms with Crippen LogP contribution < -0.4 is 4.74 Å². The van der Waals surface area contributed by atoms with Gasteiger partial charge >= 0.3 is 0 Å². The monoisotopic (exact) mass is 429 g/mol. The molecular weight excluding hydrogens is 410 g/mol. The number of aliphatic hydroxyl groups excluding tert-OH is 1. The normalized spacial score (nSPS) is 13.0. The molecule has 11 heteroatoms. The zero-order chi connectivity index (χ0) is 20.9. The molecule has 152 valence electrons. The summed E-state index contributed by atoms with van der Waals surface area (Å²) in [5.74, 6) is 0.0259. The maximum absolute atomic E-state index is 12.4. The molecule has 0 radical (unpaired) electrons. The van der Waals surface area contributed by atoms with Crippen LogP contribution >= 0.6 is 0 Å². The molecule has 1 atom stereocenters. The van der Waals surface area contributed by atoms with Crippen molar-refractivity contribution in [3.05, 3.63) is 48.5 Å². The van der Waals surface area contributed by atoms with E-state index in [1.807, 2.05) is 0 Å². The van der Waals surface area contributed by atoms with Gasteiger partial charge in [0.1, 0.15) is 11.5 Å². The van der Waals surface area contributed by atoms with Gasteiger partial charge in [-0.3, -0.25) is 10.0 Å². The summed E-state index contributed by atoms with van der Waals surface area (Å²) in [6, 6.07) is 9.83. The Kier molecular flexibility index (Phi) is 6.77. The standard InChI is InChI=1S/C17H19NO8S2/c1-27(22,23)16-6-2-14(3-7-16)26-15-4-8-17(9-5-15)28(24,25)11-13(10-19)18(21)12-20/h2-9,12-13,19,21H,10-11H2,1H3. The summed E-state index contributed by atoms with van der Waals surface area (Å²) in [4.78, 5) is 10.6. The number of hydrogen-bond donors (Lipinski definition) is 2. The van der Waals surface area contributed by atoms with E-state index < -0.39 is 38.1 Å². The first-order chi connectivity index (χ1) is 13.1. The maximum atomic E-state index is 12.4. The summed E-state index contributed by atoms with van der Waals surface area (Å²) >= 11 is 0. The molecule has 28 heavy (non-hydrogen) atoms. The van der Waals surface area contributed by atoms with Gasteiger partial charge < -0.3 is 9.84 Å². The Balaban J connectivity index is 2.13. The molecule has 0 aromatic heterocycles. The number of sulfone groups is 2. The fourth-order valence-corrected chi connectivity index (χ4v) is 4.39. The van der Waals surface area contributed by atoms with E-state index >= 15 is 0 Å². The van der Waals surface area contributed by atoms with Gasteiger partial charge in [-0.25, -0.2) is 21.9 Å². The molecule has 0 aliphatic carbocycles. The second kappa shape index (κ2) is 8.69. The third-order valence-corrected chi connectivity index (χ3v) is 6.72. The van der Waals surface area contributed by atoms with E-state index in [0.717, 1.165) is 6.26 Å². The second-order valence-electron chi connectivity index (χ2n) is 5.92. The molecule has 0 aliphatic rings. The Bertz CT molecular complexity index is 1020. The summed E-state index contributed by atoms with van der Waals surface area (Å²) in [6.45, 7) is -0.723. The number of rotatable bonds is 9. The van der Waals surface area contributed by atoms with Crippen molar-refractivity contribution in [1.29, 1.82) is 0 Å². The topological polar surface area (TPSA) is 138 Å². The van der Waals surface area contributed by atoms with Crippen LogP contribution in [0, 0.1) is 0 Å². The van der Waals surface area contributed by atoms with Crippen molar-refractivity contribution in [2.24, 2.45) is 0 Å². The minimum absolute atomic E-state index is 0.0163.